The lowest BCUT2D eigenvalue weighted by Crippen LogP contribution is -2.38. The molecular weight excluding hydrogens is 344 g/mol. The summed E-state index contributed by atoms with van der Waals surface area (Å²) < 4.78 is 0. The van der Waals surface area contributed by atoms with Crippen LogP contribution in [-0.4, -0.2) is 28.9 Å². The minimum Gasteiger partial charge on any atom is -0.478 e. The van der Waals surface area contributed by atoms with Crippen molar-refractivity contribution in [1.82, 2.24) is 5.32 Å². The van der Waals surface area contributed by atoms with E-state index in [1.807, 2.05) is 12.1 Å². The van der Waals surface area contributed by atoms with Crippen LogP contribution in [-0.2, 0) is 16.1 Å². The van der Waals surface area contributed by atoms with Crippen LogP contribution < -0.4 is 10.2 Å². The molecule has 3 rings (SSSR count). The number of benzene rings is 2. The van der Waals surface area contributed by atoms with Crippen LogP contribution in [0, 0.1) is 0 Å². The first-order valence-electron chi connectivity index (χ1n) is 7.63. The molecule has 1 fully saturated rings. The van der Waals surface area contributed by atoms with Gasteiger partial charge in [-0.05, 0) is 42.0 Å². The molecule has 0 spiro atoms. The van der Waals surface area contributed by atoms with Crippen LogP contribution in [0.1, 0.15) is 22.3 Å². The van der Waals surface area contributed by atoms with E-state index in [2.05, 4.69) is 5.32 Å². The monoisotopic (exact) mass is 358 g/mol. The van der Waals surface area contributed by atoms with E-state index in [4.69, 9.17) is 16.7 Å². The van der Waals surface area contributed by atoms with Gasteiger partial charge in [0.2, 0.25) is 5.91 Å². The number of carbonyl (C=O) groups is 3. The number of nitrogens with zero attached hydrogens (tertiary/aromatic N) is 1. The zero-order valence-electron chi connectivity index (χ0n) is 13.1. The minimum atomic E-state index is -1.06. The number of amides is 2. The largest absolute Gasteiger partial charge is 0.478 e. The second kappa shape index (κ2) is 7.04. The standard InChI is InChI=1S/C18H15ClN2O4/c19-13-5-1-11(2-6-13)10-20-15-9-16(22)21(17(15)23)14-7-3-12(4-8-14)18(24)25/h1-8,15,20H,9-10H2,(H,24,25)/t15-/m0/s1. The average molecular weight is 359 g/mol. The van der Waals surface area contributed by atoms with Crippen molar-refractivity contribution in [3.05, 3.63) is 64.7 Å². The molecule has 1 atom stereocenters. The Hall–Kier alpha value is -2.70. The van der Waals surface area contributed by atoms with E-state index in [-0.39, 0.29) is 23.8 Å². The molecule has 128 valence electrons. The maximum atomic E-state index is 12.5. The quantitative estimate of drug-likeness (QED) is 0.802. The summed E-state index contributed by atoms with van der Waals surface area (Å²) in [5.41, 5.74) is 1.42. The predicted octanol–water partition coefficient (Wildman–Crippen LogP) is 2.46. The van der Waals surface area contributed by atoms with Crippen LogP contribution in [0.2, 0.25) is 5.02 Å². The van der Waals surface area contributed by atoms with E-state index >= 15 is 0 Å². The van der Waals surface area contributed by atoms with Crippen molar-refractivity contribution in [3.63, 3.8) is 0 Å². The van der Waals surface area contributed by atoms with Gasteiger partial charge in [-0.1, -0.05) is 23.7 Å². The van der Waals surface area contributed by atoms with E-state index in [0.717, 1.165) is 10.5 Å². The van der Waals surface area contributed by atoms with Gasteiger partial charge < -0.3 is 10.4 Å². The second-order valence-electron chi connectivity index (χ2n) is 5.68. The number of halogens is 1. The molecule has 0 unspecified atom stereocenters. The number of hydrogen-bond donors (Lipinski definition) is 2. The number of carboxylic acids is 1. The topological polar surface area (TPSA) is 86.7 Å². The van der Waals surface area contributed by atoms with Crippen molar-refractivity contribution in [2.75, 3.05) is 4.90 Å². The first-order chi connectivity index (χ1) is 12.0. The highest BCUT2D eigenvalue weighted by molar-refractivity contribution is 6.30. The molecule has 1 aliphatic heterocycles. The van der Waals surface area contributed by atoms with E-state index in [1.165, 1.54) is 24.3 Å². The normalized spacial score (nSPS) is 17.2. The van der Waals surface area contributed by atoms with Crippen LogP contribution in [0.25, 0.3) is 0 Å². The Morgan fingerprint density at radius 3 is 2.36 bits per heavy atom. The van der Waals surface area contributed by atoms with Crippen molar-refractivity contribution in [1.29, 1.82) is 0 Å². The molecule has 2 aromatic carbocycles. The van der Waals surface area contributed by atoms with Gasteiger partial charge in [0, 0.05) is 11.6 Å². The highest BCUT2D eigenvalue weighted by Gasteiger charge is 2.39. The Labute approximate surface area is 149 Å². The summed E-state index contributed by atoms with van der Waals surface area (Å²) in [6.45, 7) is 0.437. The Morgan fingerprint density at radius 1 is 1.12 bits per heavy atom. The molecule has 1 heterocycles. The van der Waals surface area contributed by atoms with Gasteiger partial charge in [0.05, 0.1) is 23.7 Å². The summed E-state index contributed by atoms with van der Waals surface area (Å²) in [7, 11) is 0. The number of imide groups is 1. The van der Waals surface area contributed by atoms with Crippen molar-refractivity contribution < 1.29 is 19.5 Å². The van der Waals surface area contributed by atoms with Crippen molar-refractivity contribution >= 4 is 35.1 Å². The van der Waals surface area contributed by atoms with Gasteiger partial charge in [-0.25, -0.2) is 9.69 Å². The van der Waals surface area contributed by atoms with E-state index in [9.17, 15) is 14.4 Å². The molecular formula is C18H15ClN2O4. The van der Waals surface area contributed by atoms with Gasteiger partial charge in [0.25, 0.3) is 5.91 Å². The van der Waals surface area contributed by atoms with E-state index in [0.29, 0.717) is 17.3 Å². The summed E-state index contributed by atoms with van der Waals surface area (Å²) in [5, 5.41) is 12.6. The van der Waals surface area contributed by atoms with Gasteiger partial charge in [-0.3, -0.25) is 9.59 Å². The van der Waals surface area contributed by atoms with Gasteiger partial charge in [-0.15, -0.1) is 0 Å². The molecule has 2 aromatic rings. The smallest absolute Gasteiger partial charge is 0.335 e. The van der Waals surface area contributed by atoms with Crippen molar-refractivity contribution in [2.24, 2.45) is 0 Å². The highest BCUT2D eigenvalue weighted by Crippen LogP contribution is 2.23. The fraction of sp³-hybridized carbons (Fsp3) is 0.167. The first-order valence-corrected chi connectivity index (χ1v) is 8.01. The predicted molar refractivity (Wildman–Crippen MR) is 92.6 cm³/mol. The van der Waals surface area contributed by atoms with Gasteiger partial charge in [-0.2, -0.15) is 0 Å². The number of rotatable bonds is 5. The summed E-state index contributed by atoms with van der Waals surface area (Å²) >= 11 is 5.84. The molecule has 2 N–H and O–H groups in total. The Kier molecular flexibility index (Phi) is 4.83. The number of carboxylic acid groups (broad SMARTS) is 1. The Morgan fingerprint density at radius 2 is 1.76 bits per heavy atom. The van der Waals surface area contributed by atoms with Gasteiger partial charge in [0.1, 0.15) is 0 Å². The number of aromatic carboxylic acids is 1. The van der Waals surface area contributed by atoms with Crippen LogP contribution in [0.3, 0.4) is 0 Å². The molecule has 0 aliphatic carbocycles. The van der Waals surface area contributed by atoms with E-state index < -0.39 is 12.0 Å². The third-order valence-electron chi connectivity index (χ3n) is 3.98. The third-order valence-corrected chi connectivity index (χ3v) is 4.24. The lowest BCUT2D eigenvalue weighted by atomic mass is 10.2. The molecule has 2 amide bonds. The minimum absolute atomic E-state index is 0.0626. The molecule has 6 nitrogen and oxygen atoms in total. The Balaban J connectivity index is 1.69. The van der Waals surface area contributed by atoms with Gasteiger partial charge >= 0.3 is 5.97 Å². The Bertz CT molecular complexity index is 818. The summed E-state index contributed by atoms with van der Waals surface area (Å²) in [6, 6.07) is 12.3. The zero-order valence-corrected chi connectivity index (χ0v) is 13.9. The lowest BCUT2D eigenvalue weighted by Gasteiger charge is -2.16. The second-order valence-corrected chi connectivity index (χ2v) is 6.12. The fourth-order valence-electron chi connectivity index (χ4n) is 2.66. The summed E-state index contributed by atoms with van der Waals surface area (Å²) in [5.74, 6) is -1.73. The molecule has 7 heteroatoms. The number of anilines is 1. The SMILES string of the molecule is O=C(O)c1ccc(N2C(=O)C[C@H](NCc3ccc(Cl)cc3)C2=O)cc1. The summed E-state index contributed by atoms with van der Waals surface area (Å²) in [6.07, 6.45) is 0.0626. The molecule has 1 aliphatic rings. The number of hydrogen-bond acceptors (Lipinski definition) is 4. The fourth-order valence-corrected chi connectivity index (χ4v) is 2.79. The maximum absolute atomic E-state index is 12.5. The van der Waals surface area contributed by atoms with Crippen molar-refractivity contribution in [3.8, 4) is 0 Å². The van der Waals surface area contributed by atoms with Crippen LogP contribution in [0.5, 0.6) is 0 Å². The van der Waals surface area contributed by atoms with Crippen LogP contribution in [0.15, 0.2) is 48.5 Å². The molecule has 0 saturated carbocycles. The average Bonchev–Trinajstić information content (AvgIpc) is 2.88. The third kappa shape index (κ3) is 3.70. The maximum Gasteiger partial charge on any atom is 0.335 e. The van der Waals surface area contributed by atoms with E-state index in [1.54, 1.807) is 12.1 Å². The van der Waals surface area contributed by atoms with Gasteiger partial charge in [0.15, 0.2) is 0 Å². The molecule has 0 radical (unpaired) electrons. The molecule has 1 saturated heterocycles. The molecule has 25 heavy (non-hydrogen) atoms. The van der Waals surface area contributed by atoms with Crippen LogP contribution in [0.4, 0.5) is 5.69 Å². The van der Waals surface area contributed by atoms with Crippen LogP contribution >= 0.6 is 11.6 Å². The number of nitrogens with one attached hydrogen (secondary N) is 1. The number of carbonyl (C=O) groups excluding carboxylic acids is 2. The zero-order chi connectivity index (χ0) is 18.0. The highest BCUT2D eigenvalue weighted by atomic mass is 35.5. The van der Waals surface area contributed by atoms with Crippen molar-refractivity contribution in [2.45, 2.75) is 19.0 Å². The summed E-state index contributed by atoms with van der Waals surface area (Å²) in [4.78, 5) is 36.7. The molecule has 0 bridgehead atoms. The molecule has 0 aromatic heterocycles. The first kappa shape index (κ1) is 17.1. The lowest BCUT2D eigenvalue weighted by molar-refractivity contribution is -0.121.